The molecule has 0 N–H and O–H groups in total. The molecular formula is C11H9ClN2O2S. The number of aryl methyl sites for hydroxylation is 1. The number of halogens is 1. The minimum Gasteiger partial charge on any atom is -0.237 e. The van der Waals surface area contributed by atoms with E-state index < -0.39 is 9.05 Å². The summed E-state index contributed by atoms with van der Waals surface area (Å²) in [6.07, 6.45) is 1.62. The van der Waals surface area contributed by atoms with Gasteiger partial charge in [0, 0.05) is 28.1 Å². The maximum atomic E-state index is 11.2. The fourth-order valence-electron chi connectivity index (χ4n) is 1.37. The monoisotopic (exact) mass is 268 g/mol. The quantitative estimate of drug-likeness (QED) is 0.785. The van der Waals surface area contributed by atoms with Crippen molar-refractivity contribution in [2.24, 2.45) is 0 Å². The third kappa shape index (κ3) is 2.81. The first-order valence-corrected chi connectivity index (χ1v) is 7.12. The van der Waals surface area contributed by atoms with Gasteiger partial charge in [0.1, 0.15) is 0 Å². The van der Waals surface area contributed by atoms with E-state index in [1.54, 1.807) is 24.4 Å². The Hall–Kier alpha value is -1.46. The molecule has 1 heterocycles. The van der Waals surface area contributed by atoms with Gasteiger partial charge in [-0.05, 0) is 25.1 Å². The Labute approximate surface area is 104 Å². The molecule has 0 aliphatic heterocycles. The molecular weight excluding hydrogens is 260 g/mol. The van der Waals surface area contributed by atoms with Crippen molar-refractivity contribution in [1.82, 2.24) is 9.97 Å². The van der Waals surface area contributed by atoms with E-state index in [9.17, 15) is 8.42 Å². The molecule has 1 aromatic heterocycles. The topological polar surface area (TPSA) is 59.9 Å². The Morgan fingerprint density at radius 2 is 2.00 bits per heavy atom. The summed E-state index contributed by atoms with van der Waals surface area (Å²) in [7, 11) is 1.55. The number of aromatic nitrogens is 2. The highest BCUT2D eigenvalue weighted by atomic mass is 35.7. The van der Waals surface area contributed by atoms with Crippen molar-refractivity contribution in [2.45, 2.75) is 11.8 Å². The van der Waals surface area contributed by atoms with Crippen LogP contribution >= 0.6 is 10.7 Å². The normalized spacial score (nSPS) is 11.4. The second-order valence-electron chi connectivity index (χ2n) is 3.49. The van der Waals surface area contributed by atoms with E-state index in [1.807, 2.05) is 6.92 Å². The van der Waals surface area contributed by atoms with Crippen LogP contribution in [0.1, 0.15) is 5.69 Å². The van der Waals surface area contributed by atoms with Crippen LogP contribution < -0.4 is 0 Å². The summed E-state index contributed by atoms with van der Waals surface area (Å²) in [5.41, 5.74) is 1.43. The number of hydrogen-bond donors (Lipinski definition) is 0. The van der Waals surface area contributed by atoms with Gasteiger partial charge in [0.2, 0.25) is 0 Å². The molecule has 0 atom stereocenters. The van der Waals surface area contributed by atoms with Crippen LogP contribution in [-0.4, -0.2) is 18.4 Å². The molecule has 6 heteroatoms. The SMILES string of the molecule is Cc1ccnc(-c2cccc(S(=O)(=O)Cl)c2)n1. The highest BCUT2D eigenvalue weighted by molar-refractivity contribution is 8.13. The van der Waals surface area contributed by atoms with Gasteiger partial charge in [0.05, 0.1) is 4.90 Å². The zero-order chi connectivity index (χ0) is 12.5. The maximum Gasteiger partial charge on any atom is 0.261 e. The molecule has 0 saturated carbocycles. The highest BCUT2D eigenvalue weighted by Gasteiger charge is 2.11. The minimum absolute atomic E-state index is 0.0433. The molecule has 0 aliphatic rings. The van der Waals surface area contributed by atoms with Crippen LogP contribution in [0.5, 0.6) is 0 Å². The lowest BCUT2D eigenvalue weighted by Crippen LogP contribution is -1.94. The average molecular weight is 269 g/mol. The number of rotatable bonds is 2. The molecule has 1 aromatic carbocycles. The summed E-state index contributed by atoms with van der Waals surface area (Å²) < 4.78 is 22.4. The predicted octanol–water partition coefficient (Wildman–Crippen LogP) is 2.38. The third-order valence-corrected chi connectivity index (χ3v) is 3.52. The molecule has 0 fully saturated rings. The summed E-state index contributed by atoms with van der Waals surface area (Å²) >= 11 is 0. The first-order chi connectivity index (χ1) is 7.97. The Balaban J connectivity index is 2.54. The summed E-state index contributed by atoms with van der Waals surface area (Å²) in [5.74, 6) is 0.479. The van der Waals surface area contributed by atoms with Crippen LogP contribution in [-0.2, 0) is 9.05 Å². The van der Waals surface area contributed by atoms with Gasteiger partial charge in [-0.25, -0.2) is 18.4 Å². The van der Waals surface area contributed by atoms with Crippen LogP contribution in [0.3, 0.4) is 0 Å². The summed E-state index contributed by atoms with van der Waals surface area (Å²) in [5, 5.41) is 0. The van der Waals surface area contributed by atoms with Crippen LogP contribution in [0.25, 0.3) is 11.4 Å². The zero-order valence-corrected chi connectivity index (χ0v) is 10.5. The van der Waals surface area contributed by atoms with E-state index in [0.29, 0.717) is 11.4 Å². The minimum atomic E-state index is -3.73. The van der Waals surface area contributed by atoms with Gasteiger partial charge in [-0.15, -0.1) is 0 Å². The molecule has 0 amide bonds. The molecule has 4 nitrogen and oxygen atoms in total. The number of benzene rings is 1. The molecule has 17 heavy (non-hydrogen) atoms. The van der Waals surface area contributed by atoms with Crippen molar-refractivity contribution in [2.75, 3.05) is 0 Å². The Kier molecular flexibility index (Phi) is 3.13. The van der Waals surface area contributed by atoms with Crippen molar-refractivity contribution in [1.29, 1.82) is 0 Å². The van der Waals surface area contributed by atoms with E-state index in [2.05, 4.69) is 9.97 Å². The average Bonchev–Trinajstić information content (AvgIpc) is 2.28. The molecule has 0 saturated heterocycles. The predicted molar refractivity (Wildman–Crippen MR) is 65.2 cm³/mol. The molecule has 88 valence electrons. The fraction of sp³-hybridized carbons (Fsp3) is 0.0909. The lowest BCUT2D eigenvalue weighted by Gasteiger charge is -2.02. The molecule has 2 rings (SSSR count). The lowest BCUT2D eigenvalue weighted by atomic mass is 10.2. The Morgan fingerprint density at radius 3 is 2.65 bits per heavy atom. The zero-order valence-electron chi connectivity index (χ0n) is 8.96. The summed E-state index contributed by atoms with van der Waals surface area (Å²) in [4.78, 5) is 8.34. The van der Waals surface area contributed by atoms with Crippen molar-refractivity contribution in [3.8, 4) is 11.4 Å². The lowest BCUT2D eigenvalue weighted by molar-refractivity contribution is 0.609. The fourth-order valence-corrected chi connectivity index (χ4v) is 2.17. The highest BCUT2D eigenvalue weighted by Crippen LogP contribution is 2.21. The van der Waals surface area contributed by atoms with Crippen LogP contribution in [0, 0.1) is 6.92 Å². The molecule has 0 aliphatic carbocycles. The second-order valence-corrected chi connectivity index (χ2v) is 6.05. The second kappa shape index (κ2) is 4.43. The van der Waals surface area contributed by atoms with Crippen molar-refractivity contribution < 1.29 is 8.42 Å². The van der Waals surface area contributed by atoms with Gasteiger partial charge in [0.15, 0.2) is 5.82 Å². The van der Waals surface area contributed by atoms with E-state index >= 15 is 0 Å². The first-order valence-electron chi connectivity index (χ1n) is 4.81. The standard InChI is InChI=1S/C11H9ClN2O2S/c1-8-5-6-13-11(14-8)9-3-2-4-10(7-9)17(12,15)16/h2-7H,1H3. The van der Waals surface area contributed by atoms with Gasteiger partial charge in [-0.2, -0.15) is 0 Å². The molecule has 0 radical (unpaired) electrons. The van der Waals surface area contributed by atoms with Gasteiger partial charge >= 0.3 is 0 Å². The molecule has 0 unspecified atom stereocenters. The van der Waals surface area contributed by atoms with E-state index in [4.69, 9.17) is 10.7 Å². The van der Waals surface area contributed by atoms with Crippen molar-refractivity contribution >= 4 is 19.7 Å². The van der Waals surface area contributed by atoms with Gasteiger partial charge < -0.3 is 0 Å². The first kappa shape index (κ1) is 12.0. The van der Waals surface area contributed by atoms with E-state index in [-0.39, 0.29) is 4.90 Å². The van der Waals surface area contributed by atoms with E-state index in [1.165, 1.54) is 12.1 Å². The molecule has 0 bridgehead atoms. The molecule has 2 aromatic rings. The third-order valence-electron chi connectivity index (χ3n) is 2.17. The van der Waals surface area contributed by atoms with Crippen molar-refractivity contribution in [3.63, 3.8) is 0 Å². The van der Waals surface area contributed by atoms with Crippen LogP contribution in [0.15, 0.2) is 41.4 Å². The Bertz CT molecular complexity index is 656. The van der Waals surface area contributed by atoms with Gasteiger partial charge in [-0.3, -0.25) is 0 Å². The van der Waals surface area contributed by atoms with Crippen molar-refractivity contribution in [3.05, 3.63) is 42.2 Å². The number of nitrogens with zero attached hydrogens (tertiary/aromatic N) is 2. The smallest absolute Gasteiger partial charge is 0.237 e. The van der Waals surface area contributed by atoms with Gasteiger partial charge in [0.25, 0.3) is 9.05 Å². The van der Waals surface area contributed by atoms with Crippen LogP contribution in [0.2, 0.25) is 0 Å². The van der Waals surface area contributed by atoms with Crippen LogP contribution in [0.4, 0.5) is 0 Å². The largest absolute Gasteiger partial charge is 0.261 e. The summed E-state index contributed by atoms with van der Waals surface area (Å²) in [6.45, 7) is 1.84. The van der Waals surface area contributed by atoms with E-state index in [0.717, 1.165) is 5.69 Å². The number of hydrogen-bond acceptors (Lipinski definition) is 4. The molecule has 0 spiro atoms. The summed E-state index contributed by atoms with van der Waals surface area (Å²) in [6, 6.07) is 8.00. The maximum absolute atomic E-state index is 11.2. The van der Waals surface area contributed by atoms with Gasteiger partial charge in [-0.1, -0.05) is 12.1 Å². The Morgan fingerprint density at radius 1 is 1.24 bits per heavy atom.